The first-order valence-corrected chi connectivity index (χ1v) is 11.2. The third-order valence-corrected chi connectivity index (χ3v) is 5.37. The van der Waals surface area contributed by atoms with Gasteiger partial charge in [-0.3, -0.25) is 14.4 Å². The Morgan fingerprint density at radius 3 is 2.47 bits per heavy atom. The zero-order valence-corrected chi connectivity index (χ0v) is 18.5. The third-order valence-electron chi connectivity index (χ3n) is 5.37. The standard InChI is InChI=1S/C25H31N3O4/c1-2-3-15-32-16-7-14-26-24(30)19-10-12-21(13-11-19)27-25(31)20-17-23(29)28(18-20)22-8-5-4-6-9-22/h4-6,8-13,20H,2-3,7,14-18H2,1H3,(H,26,30)(H,27,31). The number of nitrogens with zero attached hydrogens (tertiary/aromatic N) is 1. The van der Waals surface area contributed by atoms with E-state index in [1.807, 2.05) is 30.3 Å². The summed E-state index contributed by atoms with van der Waals surface area (Å²) in [6.07, 6.45) is 3.11. The van der Waals surface area contributed by atoms with E-state index >= 15 is 0 Å². The second kappa shape index (κ2) is 12.0. The molecule has 0 saturated carbocycles. The van der Waals surface area contributed by atoms with Crippen LogP contribution in [0.15, 0.2) is 54.6 Å². The number of nitrogens with one attached hydrogen (secondary N) is 2. The van der Waals surface area contributed by atoms with Crippen LogP contribution < -0.4 is 15.5 Å². The predicted octanol–water partition coefficient (Wildman–Crippen LogP) is 3.61. The number of anilines is 2. The molecule has 0 radical (unpaired) electrons. The van der Waals surface area contributed by atoms with Gasteiger partial charge in [-0.25, -0.2) is 0 Å². The molecule has 1 aliphatic rings. The second-order valence-electron chi connectivity index (χ2n) is 7.88. The van der Waals surface area contributed by atoms with Gasteiger partial charge in [-0.15, -0.1) is 0 Å². The quantitative estimate of drug-likeness (QED) is 0.526. The van der Waals surface area contributed by atoms with Gasteiger partial charge in [-0.05, 0) is 49.2 Å². The maximum absolute atomic E-state index is 12.6. The van der Waals surface area contributed by atoms with Crippen molar-refractivity contribution in [2.24, 2.45) is 5.92 Å². The summed E-state index contributed by atoms with van der Waals surface area (Å²) in [4.78, 5) is 38.9. The summed E-state index contributed by atoms with van der Waals surface area (Å²) in [5.74, 6) is -0.822. The predicted molar refractivity (Wildman–Crippen MR) is 125 cm³/mol. The molecule has 0 aliphatic carbocycles. The number of rotatable bonds is 11. The van der Waals surface area contributed by atoms with E-state index in [1.54, 1.807) is 29.2 Å². The molecule has 2 aromatic carbocycles. The minimum Gasteiger partial charge on any atom is -0.381 e. The molecule has 2 aromatic rings. The Morgan fingerprint density at radius 1 is 1.03 bits per heavy atom. The van der Waals surface area contributed by atoms with Crippen molar-refractivity contribution < 1.29 is 19.1 Å². The minimum absolute atomic E-state index is 0.0564. The van der Waals surface area contributed by atoms with Gasteiger partial charge in [-0.2, -0.15) is 0 Å². The van der Waals surface area contributed by atoms with Crippen molar-refractivity contribution in [1.29, 1.82) is 0 Å². The Kier molecular flexibility index (Phi) is 8.80. The molecule has 1 fully saturated rings. The molecular weight excluding hydrogens is 406 g/mol. The van der Waals surface area contributed by atoms with Crippen LogP contribution in [0.2, 0.25) is 0 Å². The zero-order chi connectivity index (χ0) is 22.8. The topological polar surface area (TPSA) is 87.7 Å². The van der Waals surface area contributed by atoms with E-state index in [0.29, 0.717) is 30.9 Å². The van der Waals surface area contributed by atoms with E-state index in [-0.39, 0.29) is 24.1 Å². The van der Waals surface area contributed by atoms with Crippen molar-refractivity contribution in [3.63, 3.8) is 0 Å². The van der Waals surface area contributed by atoms with Crippen molar-refractivity contribution in [1.82, 2.24) is 5.32 Å². The molecule has 1 aliphatic heterocycles. The average molecular weight is 438 g/mol. The zero-order valence-electron chi connectivity index (χ0n) is 18.5. The maximum atomic E-state index is 12.6. The molecule has 1 heterocycles. The first-order chi connectivity index (χ1) is 15.6. The van der Waals surface area contributed by atoms with Gasteiger partial charge in [0.2, 0.25) is 11.8 Å². The van der Waals surface area contributed by atoms with Gasteiger partial charge in [0.25, 0.3) is 5.91 Å². The van der Waals surface area contributed by atoms with Gasteiger partial charge < -0.3 is 20.3 Å². The van der Waals surface area contributed by atoms with Crippen LogP contribution in [-0.4, -0.2) is 44.0 Å². The van der Waals surface area contributed by atoms with Gasteiger partial charge in [-0.1, -0.05) is 31.5 Å². The lowest BCUT2D eigenvalue weighted by Gasteiger charge is -2.16. The van der Waals surface area contributed by atoms with Crippen LogP contribution in [0, 0.1) is 5.92 Å². The molecule has 3 amide bonds. The number of para-hydroxylation sites is 1. The fourth-order valence-electron chi connectivity index (χ4n) is 3.52. The summed E-state index contributed by atoms with van der Waals surface area (Å²) < 4.78 is 5.48. The van der Waals surface area contributed by atoms with E-state index in [4.69, 9.17) is 4.74 Å². The molecule has 1 atom stereocenters. The average Bonchev–Trinajstić information content (AvgIpc) is 3.21. The fourth-order valence-corrected chi connectivity index (χ4v) is 3.52. The van der Waals surface area contributed by atoms with Crippen LogP contribution in [-0.2, 0) is 14.3 Å². The first-order valence-electron chi connectivity index (χ1n) is 11.2. The Bertz CT molecular complexity index is 899. The molecule has 3 rings (SSSR count). The molecule has 7 nitrogen and oxygen atoms in total. The Hall–Kier alpha value is -3.19. The highest BCUT2D eigenvalue weighted by Crippen LogP contribution is 2.25. The molecule has 7 heteroatoms. The van der Waals surface area contributed by atoms with E-state index in [9.17, 15) is 14.4 Å². The molecule has 1 unspecified atom stereocenters. The van der Waals surface area contributed by atoms with Crippen molar-refractivity contribution >= 4 is 29.1 Å². The number of unbranched alkanes of at least 4 members (excludes halogenated alkanes) is 1. The smallest absolute Gasteiger partial charge is 0.251 e. The number of benzene rings is 2. The number of amides is 3. The van der Waals surface area contributed by atoms with Crippen LogP contribution in [0.4, 0.5) is 11.4 Å². The normalized spacial score (nSPS) is 15.6. The van der Waals surface area contributed by atoms with Crippen molar-refractivity contribution in [2.45, 2.75) is 32.6 Å². The molecule has 1 saturated heterocycles. The van der Waals surface area contributed by atoms with Gasteiger partial charge >= 0.3 is 0 Å². The summed E-state index contributed by atoms with van der Waals surface area (Å²) >= 11 is 0. The lowest BCUT2D eigenvalue weighted by atomic mass is 10.1. The number of carbonyl (C=O) groups excluding carboxylic acids is 3. The lowest BCUT2D eigenvalue weighted by molar-refractivity contribution is -0.122. The van der Waals surface area contributed by atoms with Crippen LogP contribution in [0.25, 0.3) is 0 Å². The van der Waals surface area contributed by atoms with Gasteiger partial charge in [0.05, 0.1) is 5.92 Å². The third kappa shape index (κ3) is 6.65. The highest BCUT2D eigenvalue weighted by atomic mass is 16.5. The fraction of sp³-hybridized carbons (Fsp3) is 0.400. The molecule has 0 spiro atoms. The lowest BCUT2D eigenvalue weighted by Crippen LogP contribution is -2.28. The maximum Gasteiger partial charge on any atom is 0.251 e. The van der Waals surface area contributed by atoms with Crippen LogP contribution in [0.3, 0.4) is 0 Å². The SMILES string of the molecule is CCCCOCCCNC(=O)c1ccc(NC(=O)C2CC(=O)N(c3ccccc3)C2)cc1. The van der Waals surface area contributed by atoms with Crippen molar-refractivity contribution in [3.05, 3.63) is 60.2 Å². The first kappa shape index (κ1) is 23.5. The van der Waals surface area contributed by atoms with Crippen LogP contribution in [0.5, 0.6) is 0 Å². The van der Waals surface area contributed by atoms with Gasteiger partial charge in [0.15, 0.2) is 0 Å². The highest BCUT2D eigenvalue weighted by Gasteiger charge is 2.35. The molecule has 0 bridgehead atoms. The molecule has 32 heavy (non-hydrogen) atoms. The van der Waals surface area contributed by atoms with E-state index in [2.05, 4.69) is 17.6 Å². The summed E-state index contributed by atoms with van der Waals surface area (Å²) in [6.45, 7) is 4.43. The van der Waals surface area contributed by atoms with Gasteiger partial charge in [0.1, 0.15) is 0 Å². The number of hydrogen-bond acceptors (Lipinski definition) is 4. The Balaban J connectivity index is 1.43. The minimum atomic E-state index is -0.412. The van der Waals surface area contributed by atoms with Crippen LogP contribution in [0.1, 0.15) is 43.0 Å². The number of carbonyl (C=O) groups is 3. The number of hydrogen-bond donors (Lipinski definition) is 2. The largest absolute Gasteiger partial charge is 0.381 e. The molecular formula is C25H31N3O4. The summed E-state index contributed by atoms with van der Waals surface area (Å²) in [7, 11) is 0. The number of ether oxygens (including phenoxy) is 1. The molecule has 170 valence electrons. The second-order valence-corrected chi connectivity index (χ2v) is 7.88. The summed E-state index contributed by atoms with van der Waals surface area (Å²) in [5.41, 5.74) is 1.93. The summed E-state index contributed by atoms with van der Waals surface area (Å²) in [5, 5.41) is 5.72. The van der Waals surface area contributed by atoms with Gasteiger partial charge in [0, 0.05) is 49.7 Å². The van der Waals surface area contributed by atoms with E-state index in [0.717, 1.165) is 31.6 Å². The van der Waals surface area contributed by atoms with E-state index < -0.39 is 5.92 Å². The highest BCUT2D eigenvalue weighted by molar-refractivity contribution is 6.03. The Morgan fingerprint density at radius 2 is 1.75 bits per heavy atom. The van der Waals surface area contributed by atoms with E-state index in [1.165, 1.54) is 0 Å². The molecule has 2 N–H and O–H groups in total. The Labute approximate surface area is 189 Å². The summed E-state index contributed by atoms with van der Waals surface area (Å²) in [6, 6.07) is 16.1. The monoisotopic (exact) mass is 437 g/mol. The van der Waals surface area contributed by atoms with Crippen LogP contribution >= 0.6 is 0 Å². The van der Waals surface area contributed by atoms with Crippen molar-refractivity contribution in [3.8, 4) is 0 Å². The van der Waals surface area contributed by atoms with Crippen molar-refractivity contribution in [2.75, 3.05) is 36.5 Å². The molecule has 0 aromatic heterocycles.